The number of ether oxygens (including phenoxy) is 1. The maximum atomic E-state index is 12.6. The molecule has 7 nitrogen and oxygen atoms in total. The standard InChI is InChI=1S/C18H25N5O2/c1-14-9-16(20-13-19-14)10-15-11-23(7-8-25-12-15)18(24)4-3-17-5-6-21-22(17)2/h5-6,9,13,15H,3-4,7-8,10-12H2,1-2H3/t15-/m0/s1. The van der Waals surface area contributed by atoms with E-state index < -0.39 is 0 Å². The Bertz CT molecular complexity index is 715. The summed E-state index contributed by atoms with van der Waals surface area (Å²) < 4.78 is 7.53. The number of amides is 1. The minimum Gasteiger partial charge on any atom is -0.379 e. The van der Waals surface area contributed by atoms with E-state index in [1.54, 1.807) is 12.5 Å². The van der Waals surface area contributed by atoms with Crippen molar-refractivity contribution < 1.29 is 9.53 Å². The molecule has 0 saturated carbocycles. The molecule has 2 aromatic rings. The Morgan fingerprint density at radius 3 is 3.04 bits per heavy atom. The van der Waals surface area contributed by atoms with Crippen molar-refractivity contribution in [2.24, 2.45) is 13.0 Å². The summed E-state index contributed by atoms with van der Waals surface area (Å²) in [6, 6.07) is 3.96. The SMILES string of the molecule is Cc1cc(C[C@@H]2COCCN(C(=O)CCc3ccnn3C)C2)ncn1. The van der Waals surface area contributed by atoms with Crippen LogP contribution < -0.4 is 0 Å². The molecule has 25 heavy (non-hydrogen) atoms. The van der Waals surface area contributed by atoms with Gasteiger partial charge in [-0.25, -0.2) is 9.97 Å². The van der Waals surface area contributed by atoms with E-state index in [1.807, 2.05) is 35.7 Å². The van der Waals surface area contributed by atoms with E-state index in [0.29, 0.717) is 39.1 Å². The van der Waals surface area contributed by atoms with Crippen molar-refractivity contribution in [3.63, 3.8) is 0 Å². The maximum Gasteiger partial charge on any atom is 0.223 e. The minimum atomic E-state index is 0.176. The molecule has 2 aromatic heterocycles. The summed E-state index contributed by atoms with van der Waals surface area (Å²) in [5.74, 6) is 0.438. The molecule has 0 aromatic carbocycles. The number of hydrogen-bond donors (Lipinski definition) is 0. The molecular weight excluding hydrogens is 318 g/mol. The molecule has 7 heteroatoms. The third kappa shape index (κ3) is 4.85. The number of carbonyl (C=O) groups is 1. The van der Waals surface area contributed by atoms with Gasteiger partial charge < -0.3 is 9.64 Å². The third-order valence-electron chi connectivity index (χ3n) is 4.57. The summed E-state index contributed by atoms with van der Waals surface area (Å²) in [7, 11) is 1.90. The van der Waals surface area contributed by atoms with Crippen LogP contribution in [0.3, 0.4) is 0 Å². The quantitative estimate of drug-likeness (QED) is 0.815. The highest BCUT2D eigenvalue weighted by Gasteiger charge is 2.23. The van der Waals surface area contributed by atoms with E-state index in [0.717, 1.165) is 23.5 Å². The molecule has 0 aliphatic carbocycles. The molecule has 0 spiro atoms. The number of hydrogen-bond acceptors (Lipinski definition) is 5. The Kier molecular flexibility index (Phi) is 5.75. The summed E-state index contributed by atoms with van der Waals surface area (Å²) in [4.78, 5) is 23.0. The van der Waals surface area contributed by atoms with E-state index in [2.05, 4.69) is 15.1 Å². The third-order valence-corrected chi connectivity index (χ3v) is 4.57. The number of aryl methyl sites for hydroxylation is 3. The van der Waals surface area contributed by atoms with Crippen LogP contribution in [0.2, 0.25) is 0 Å². The summed E-state index contributed by atoms with van der Waals surface area (Å²) in [6.07, 6.45) is 5.37. The first-order valence-electron chi connectivity index (χ1n) is 8.71. The number of rotatable bonds is 5. The van der Waals surface area contributed by atoms with Crippen LogP contribution in [0.1, 0.15) is 23.5 Å². The first kappa shape index (κ1) is 17.5. The molecule has 3 rings (SSSR count). The average molecular weight is 343 g/mol. The van der Waals surface area contributed by atoms with E-state index in [9.17, 15) is 4.79 Å². The Morgan fingerprint density at radius 2 is 2.28 bits per heavy atom. The molecule has 3 heterocycles. The van der Waals surface area contributed by atoms with E-state index in [1.165, 1.54) is 0 Å². The average Bonchev–Trinajstić information content (AvgIpc) is 2.85. The Balaban J connectivity index is 1.57. The molecule has 134 valence electrons. The van der Waals surface area contributed by atoms with Crippen LogP contribution in [-0.2, 0) is 29.4 Å². The number of nitrogens with zero attached hydrogens (tertiary/aromatic N) is 5. The van der Waals surface area contributed by atoms with Crippen molar-refractivity contribution in [3.05, 3.63) is 41.7 Å². The van der Waals surface area contributed by atoms with Gasteiger partial charge in [-0.1, -0.05) is 0 Å². The summed E-state index contributed by atoms with van der Waals surface area (Å²) in [5, 5.41) is 4.15. The number of carbonyl (C=O) groups excluding carboxylic acids is 1. The highest BCUT2D eigenvalue weighted by Crippen LogP contribution is 2.14. The van der Waals surface area contributed by atoms with Gasteiger partial charge in [0, 0.05) is 55.8 Å². The molecule has 1 aliphatic heterocycles. The van der Waals surface area contributed by atoms with E-state index in [4.69, 9.17) is 4.74 Å². The molecule has 0 N–H and O–H groups in total. The maximum absolute atomic E-state index is 12.6. The Labute approximate surface area is 148 Å². The molecule has 1 amide bonds. The van der Waals surface area contributed by atoms with E-state index in [-0.39, 0.29) is 11.8 Å². The minimum absolute atomic E-state index is 0.176. The summed E-state index contributed by atoms with van der Waals surface area (Å²) >= 11 is 0. The van der Waals surface area contributed by atoms with Gasteiger partial charge in [0.1, 0.15) is 6.33 Å². The topological polar surface area (TPSA) is 73.1 Å². The zero-order valence-corrected chi connectivity index (χ0v) is 14.9. The second-order valence-corrected chi connectivity index (χ2v) is 6.58. The van der Waals surface area contributed by atoms with Crippen LogP contribution >= 0.6 is 0 Å². The van der Waals surface area contributed by atoms with Crippen molar-refractivity contribution in [1.29, 1.82) is 0 Å². The van der Waals surface area contributed by atoms with Gasteiger partial charge in [-0.15, -0.1) is 0 Å². The van der Waals surface area contributed by atoms with E-state index >= 15 is 0 Å². The van der Waals surface area contributed by atoms with Crippen molar-refractivity contribution in [2.45, 2.75) is 26.2 Å². The van der Waals surface area contributed by atoms with Crippen LogP contribution in [0.5, 0.6) is 0 Å². The first-order chi connectivity index (χ1) is 12.1. The summed E-state index contributed by atoms with van der Waals surface area (Å²) in [6.45, 7) is 4.59. The highest BCUT2D eigenvalue weighted by molar-refractivity contribution is 5.76. The molecule has 0 unspecified atom stereocenters. The smallest absolute Gasteiger partial charge is 0.223 e. The lowest BCUT2D eigenvalue weighted by Gasteiger charge is -2.23. The molecule has 0 radical (unpaired) electrons. The van der Waals surface area contributed by atoms with Gasteiger partial charge in [0.15, 0.2) is 0 Å². The van der Waals surface area contributed by atoms with Gasteiger partial charge >= 0.3 is 0 Å². The lowest BCUT2D eigenvalue weighted by Crippen LogP contribution is -2.36. The van der Waals surface area contributed by atoms with Crippen LogP contribution in [-0.4, -0.2) is 56.9 Å². The summed E-state index contributed by atoms with van der Waals surface area (Å²) in [5.41, 5.74) is 3.04. The fraction of sp³-hybridized carbons (Fsp3) is 0.556. The van der Waals surface area contributed by atoms with Gasteiger partial charge in [0.05, 0.1) is 13.2 Å². The first-order valence-corrected chi connectivity index (χ1v) is 8.71. The molecular formula is C18H25N5O2. The van der Waals surface area contributed by atoms with Crippen LogP contribution in [0.15, 0.2) is 24.7 Å². The van der Waals surface area contributed by atoms with Crippen molar-refractivity contribution in [2.75, 3.05) is 26.3 Å². The van der Waals surface area contributed by atoms with Gasteiger partial charge in [0.2, 0.25) is 5.91 Å². The molecule has 1 fully saturated rings. The van der Waals surface area contributed by atoms with Crippen LogP contribution in [0, 0.1) is 12.8 Å². The van der Waals surface area contributed by atoms with Crippen LogP contribution in [0.4, 0.5) is 0 Å². The van der Waals surface area contributed by atoms with Gasteiger partial charge in [-0.05, 0) is 31.9 Å². The number of aromatic nitrogens is 4. The second kappa shape index (κ2) is 8.20. The monoisotopic (exact) mass is 343 g/mol. The lowest BCUT2D eigenvalue weighted by molar-refractivity contribution is -0.131. The van der Waals surface area contributed by atoms with Gasteiger partial charge in [-0.2, -0.15) is 5.10 Å². The molecule has 0 bridgehead atoms. The Hall–Kier alpha value is -2.28. The van der Waals surface area contributed by atoms with Crippen molar-refractivity contribution in [3.8, 4) is 0 Å². The predicted molar refractivity (Wildman–Crippen MR) is 92.9 cm³/mol. The molecule has 1 aliphatic rings. The lowest BCUT2D eigenvalue weighted by atomic mass is 10.0. The Morgan fingerprint density at radius 1 is 1.40 bits per heavy atom. The fourth-order valence-corrected chi connectivity index (χ4v) is 3.19. The zero-order valence-electron chi connectivity index (χ0n) is 14.9. The van der Waals surface area contributed by atoms with Crippen molar-refractivity contribution in [1.82, 2.24) is 24.6 Å². The van der Waals surface area contributed by atoms with Crippen LogP contribution in [0.25, 0.3) is 0 Å². The fourth-order valence-electron chi connectivity index (χ4n) is 3.19. The zero-order chi connectivity index (χ0) is 17.6. The molecule has 1 atom stereocenters. The molecule has 1 saturated heterocycles. The second-order valence-electron chi connectivity index (χ2n) is 6.58. The highest BCUT2D eigenvalue weighted by atomic mass is 16.5. The van der Waals surface area contributed by atoms with Crippen molar-refractivity contribution >= 4 is 5.91 Å². The van der Waals surface area contributed by atoms with Gasteiger partial charge in [0.25, 0.3) is 0 Å². The largest absolute Gasteiger partial charge is 0.379 e. The van der Waals surface area contributed by atoms with Gasteiger partial charge in [-0.3, -0.25) is 9.48 Å². The predicted octanol–water partition coefficient (Wildman–Crippen LogP) is 1.17. The normalized spacial score (nSPS) is 18.2.